The Kier molecular flexibility index (Phi) is 4.26. The molecule has 0 aromatic carbocycles. The van der Waals surface area contributed by atoms with Crippen molar-refractivity contribution < 1.29 is 0 Å². The summed E-state index contributed by atoms with van der Waals surface area (Å²) < 4.78 is 0. The van der Waals surface area contributed by atoms with Crippen molar-refractivity contribution in [1.29, 1.82) is 0 Å². The molecule has 0 unspecified atom stereocenters. The van der Waals surface area contributed by atoms with Crippen LogP contribution in [0, 0.1) is 19.3 Å². The molecule has 102 valence electrons. The molecule has 20 heavy (non-hydrogen) atoms. The van der Waals surface area contributed by atoms with Crippen LogP contribution in [-0.2, 0) is 0 Å². The van der Waals surface area contributed by atoms with Crippen molar-refractivity contribution >= 4 is 17.6 Å². The lowest BCUT2D eigenvalue weighted by Gasteiger charge is -2.13. The van der Waals surface area contributed by atoms with E-state index < -0.39 is 0 Å². The normalized spacial score (nSPS) is 10.6. The molecule has 0 aliphatic rings. The molecule has 0 amide bonds. The first-order valence-corrected chi connectivity index (χ1v) is 7.06. The lowest BCUT2D eigenvalue weighted by atomic mass is 10.1. The zero-order chi connectivity index (χ0) is 14.7. The molecule has 0 fully saturated rings. The Hall–Kier alpha value is -2.06. The number of nitrogens with zero attached hydrogens (tertiary/aromatic N) is 3. The van der Waals surface area contributed by atoms with Gasteiger partial charge in [0.1, 0.15) is 17.3 Å². The number of hydrogen-bond acceptors (Lipinski definition) is 5. The second-order valence-electron chi connectivity index (χ2n) is 4.68. The Balaban J connectivity index is 2.43. The summed E-state index contributed by atoms with van der Waals surface area (Å²) in [7, 11) is 0. The molecule has 0 saturated heterocycles. The van der Waals surface area contributed by atoms with Crippen LogP contribution in [0.1, 0.15) is 36.8 Å². The van der Waals surface area contributed by atoms with Gasteiger partial charge in [-0.15, -0.1) is 6.42 Å². The van der Waals surface area contributed by atoms with Gasteiger partial charge in [-0.25, -0.2) is 15.0 Å². The number of nitrogen functional groups attached to an aromatic ring is 1. The average molecular weight is 284 g/mol. The van der Waals surface area contributed by atoms with E-state index in [4.69, 9.17) is 12.2 Å². The average Bonchev–Trinajstić information content (AvgIpc) is 2.41. The second-order valence-corrected chi connectivity index (χ2v) is 5.76. The lowest BCUT2D eigenvalue weighted by Crippen LogP contribution is -1.99. The van der Waals surface area contributed by atoms with Crippen LogP contribution in [0.3, 0.4) is 0 Å². The van der Waals surface area contributed by atoms with Gasteiger partial charge in [0.2, 0.25) is 0 Å². The third-order valence-electron chi connectivity index (χ3n) is 2.79. The molecule has 0 radical (unpaired) electrons. The minimum Gasteiger partial charge on any atom is -0.383 e. The number of anilines is 1. The monoisotopic (exact) mass is 284 g/mol. The van der Waals surface area contributed by atoms with Gasteiger partial charge in [-0.1, -0.05) is 31.5 Å². The first-order valence-electron chi connectivity index (χ1n) is 6.24. The van der Waals surface area contributed by atoms with Gasteiger partial charge in [-0.3, -0.25) is 0 Å². The van der Waals surface area contributed by atoms with Crippen LogP contribution in [0.2, 0.25) is 0 Å². The highest BCUT2D eigenvalue weighted by Gasteiger charge is 2.12. The summed E-state index contributed by atoms with van der Waals surface area (Å²) in [5.74, 6) is 4.05. The summed E-state index contributed by atoms with van der Waals surface area (Å²) in [6, 6.07) is 1.90. The minimum atomic E-state index is 0.351. The largest absolute Gasteiger partial charge is 0.383 e. The Morgan fingerprint density at radius 2 is 2.00 bits per heavy atom. The van der Waals surface area contributed by atoms with Gasteiger partial charge in [-0.05, 0) is 24.5 Å². The Bertz CT molecular complexity index is 674. The van der Waals surface area contributed by atoms with E-state index in [2.05, 4.69) is 34.7 Å². The first kappa shape index (κ1) is 14.4. The predicted molar refractivity (Wildman–Crippen MR) is 81.6 cm³/mol. The van der Waals surface area contributed by atoms with Crippen molar-refractivity contribution in [3.63, 3.8) is 0 Å². The highest BCUT2D eigenvalue weighted by Crippen LogP contribution is 2.35. The van der Waals surface area contributed by atoms with Crippen molar-refractivity contribution in [2.75, 3.05) is 5.73 Å². The summed E-state index contributed by atoms with van der Waals surface area (Å²) in [6.45, 7) is 6.05. The molecule has 2 heterocycles. The summed E-state index contributed by atoms with van der Waals surface area (Å²) in [4.78, 5) is 14.5. The van der Waals surface area contributed by atoms with Gasteiger partial charge >= 0.3 is 0 Å². The molecule has 0 aliphatic carbocycles. The van der Waals surface area contributed by atoms with Crippen LogP contribution in [0.5, 0.6) is 0 Å². The van der Waals surface area contributed by atoms with E-state index in [9.17, 15) is 0 Å². The molecule has 0 aliphatic heterocycles. The van der Waals surface area contributed by atoms with E-state index in [0.717, 1.165) is 15.4 Å². The first-order chi connectivity index (χ1) is 9.51. The number of aromatic nitrogens is 3. The highest BCUT2D eigenvalue weighted by molar-refractivity contribution is 7.99. The molecule has 0 spiro atoms. The van der Waals surface area contributed by atoms with E-state index in [1.165, 1.54) is 11.8 Å². The van der Waals surface area contributed by atoms with Crippen LogP contribution in [0.15, 0.2) is 28.3 Å². The number of hydrogen-bond donors (Lipinski definition) is 1. The SMILES string of the molecule is C#Cc1cc(Sc2cnc(C)nc2N)c(C(C)C)cn1. The Morgan fingerprint density at radius 1 is 1.25 bits per heavy atom. The van der Waals surface area contributed by atoms with Crippen LogP contribution in [-0.4, -0.2) is 15.0 Å². The number of pyridine rings is 1. The maximum Gasteiger partial charge on any atom is 0.141 e. The van der Waals surface area contributed by atoms with Crippen LogP contribution in [0.25, 0.3) is 0 Å². The molecule has 2 rings (SSSR count). The molecular formula is C15H16N4S. The molecule has 0 saturated carbocycles. The van der Waals surface area contributed by atoms with Crippen molar-refractivity contribution in [3.05, 3.63) is 35.5 Å². The van der Waals surface area contributed by atoms with Crippen LogP contribution < -0.4 is 5.73 Å². The zero-order valence-electron chi connectivity index (χ0n) is 11.7. The highest BCUT2D eigenvalue weighted by atomic mass is 32.2. The van der Waals surface area contributed by atoms with E-state index >= 15 is 0 Å². The van der Waals surface area contributed by atoms with E-state index in [0.29, 0.717) is 23.3 Å². The quantitative estimate of drug-likeness (QED) is 0.878. The smallest absolute Gasteiger partial charge is 0.141 e. The van der Waals surface area contributed by atoms with Crippen molar-refractivity contribution in [3.8, 4) is 12.3 Å². The molecule has 2 aromatic heterocycles. The molecule has 4 nitrogen and oxygen atoms in total. The lowest BCUT2D eigenvalue weighted by molar-refractivity contribution is 0.830. The number of rotatable bonds is 3. The topological polar surface area (TPSA) is 64.7 Å². The van der Waals surface area contributed by atoms with Crippen molar-refractivity contribution in [1.82, 2.24) is 15.0 Å². The summed E-state index contributed by atoms with van der Waals surface area (Å²) in [6.07, 6.45) is 8.98. The zero-order valence-corrected chi connectivity index (χ0v) is 12.5. The van der Waals surface area contributed by atoms with Crippen molar-refractivity contribution in [2.45, 2.75) is 36.5 Å². The number of terminal acetylenes is 1. The van der Waals surface area contributed by atoms with Gasteiger partial charge in [0.25, 0.3) is 0 Å². The fourth-order valence-corrected chi connectivity index (χ4v) is 2.79. The maximum absolute atomic E-state index is 5.94. The maximum atomic E-state index is 5.94. The van der Waals surface area contributed by atoms with E-state index in [1.807, 2.05) is 19.2 Å². The molecule has 2 aromatic rings. The van der Waals surface area contributed by atoms with Crippen LogP contribution in [0.4, 0.5) is 5.82 Å². The third kappa shape index (κ3) is 3.09. The van der Waals surface area contributed by atoms with E-state index in [-0.39, 0.29) is 0 Å². The van der Waals surface area contributed by atoms with Gasteiger partial charge in [-0.2, -0.15) is 0 Å². The number of aryl methyl sites for hydroxylation is 1. The molecular weight excluding hydrogens is 268 g/mol. The molecule has 2 N–H and O–H groups in total. The van der Waals surface area contributed by atoms with Gasteiger partial charge in [0, 0.05) is 17.3 Å². The Labute approximate surface area is 123 Å². The molecule has 0 bridgehead atoms. The summed E-state index contributed by atoms with van der Waals surface area (Å²) in [5, 5.41) is 0. The fraction of sp³-hybridized carbons (Fsp3) is 0.267. The van der Waals surface area contributed by atoms with Crippen molar-refractivity contribution in [2.24, 2.45) is 0 Å². The fourth-order valence-electron chi connectivity index (χ4n) is 1.72. The number of nitrogens with two attached hydrogens (primary N) is 1. The summed E-state index contributed by atoms with van der Waals surface area (Å²) in [5.41, 5.74) is 7.69. The predicted octanol–water partition coefficient (Wildman–Crippen LogP) is 3.02. The summed E-state index contributed by atoms with van der Waals surface area (Å²) >= 11 is 1.52. The third-order valence-corrected chi connectivity index (χ3v) is 3.90. The van der Waals surface area contributed by atoms with Gasteiger partial charge in [0.15, 0.2) is 0 Å². The minimum absolute atomic E-state index is 0.351. The Morgan fingerprint density at radius 3 is 2.60 bits per heavy atom. The second kappa shape index (κ2) is 5.93. The van der Waals surface area contributed by atoms with Crippen LogP contribution >= 0.6 is 11.8 Å². The van der Waals surface area contributed by atoms with Gasteiger partial charge in [0.05, 0.1) is 4.90 Å². The molecule has 5 heteroatoms. The van der Waals surface area contributed by atoms with Gasteiger partial charge < -0.3 is 5.73 Å². The van der Waals surface area contributed by atoms with E-state index in [1.54, 1.807) is 6.20 Å². The standard InChI is InChI=1S/C15H16N4S/c1-5-11-6-13(12(7-18-11)9(2)3)20-14-8-17-10(4)19-15(14)16/h1,6-9H,2-4H3,(H2,16,17,19). The molecule has 0 atom stereocenters.